The topological polar surface area (TPSA) is 35.2 Å². The number of ether oxygens (including phenoxy) is 1. The smallest absolute Gasteiger partial charge is 0.0697 e. The predicted octanol–water partition coefficient (Wildman–Crippen LogP) is 3.35. The van der Waals surface area contributed by atoms with E-state index in [0.29, 0.717) is 6.54 Å². The first-order valence-corrected chi connectivity index (χ1v) is 6.60. The second kappa shape index (κ2) is 10.4. The van der Waals surface area contributed by atoms with Gasteiger partial charge in [0.25, 0.3) is 0 Å². The summed E-state index contributed by atoms with van der Waals surface area (Å²) in [6.45, 7) is 8.24. The average Bonchev–Trinajstić information content (AvgIpc) is 2.27. The van der Waals surface area contributed by atoms with E-state index in [1.807, 2.05) is 0 Å². The van der Waals surface area contributed by atoms with E-state index in [1.54, 1.807) is 0 Å². The monoisotopic (exact) mass is 215 g/mol. The first-order valence-electron chi connectivity index (χ1n) is 6.60. The van der Waals surface area contributed by atoms with Crippen molar-refractivity contribution in [3.8, 4) is 0 Å². The van der Waals surface area contributed by atoms with Crippen molar-refractivity contribution in [2.24, 2.45) is 11.7 Å². The summed E-state index contributed by atoms with van der Waals surface area (Å²) in [6, 6.07) is 0. The zero-order valence-electron chi connectivity index (χ0n) is 10.8. The lowest BCUT2D eigenvalue weighted by atomic mass is 10.0. The van der Waals surface area contributed by atoms with Gasteiger partial charge in [-0.05, 0) is 18.8 Å². The lowest BCUT2D eigenvalue weighted by molar-refractivity contribution is 0.0258. The molecule has 0 spiro atoms. The molecule has 0 heterocycles. The molecule has 0 saturated carbocycles. The Hall–Kier alpha value is -0.0800. The summed E-state index contributed by atoms with van der Waals surface area (Å²) in [6.07, 6.45) is 7.67. The summed E-state index contributed by atoms with van der Waals surface area (Å²) in [5.74, 6) is 0.732. The number of rotatable bonds is 10. The lowest BCUT2D eigenvalue weighted by Crippen LogP contribution is -2.26. The Morgan fingerprint density at radius 2 is 1.80 bits per heavy atom. The van der Waals surface area contributed by atoms with Gasteiger partial charge in [-0.2, -0.15) is 0 Å². The number of hydrogen-bond acceptors (Lipinski definition) is 2. The highest BCUT2D eigenvalue weighted by molar-refractivity contribution is 4.61. The van der Waals surface area contributed by atoms with Crippen molar-refractivity contribution < 1.29 is 4.74 Å². The van der Waals surface area contributed by atoms with Crippen molar-refractivity contribution in [2.75, 3.05) is 13.2 Å². The van der Waals surface area contributed by atoms with Gasteiger partial charge in [-0.3, -0.25) is 0 Å². The first kappa shape index (κ1) is 14.9. The van der Waals surface area contributed by atoms with Crippen LogP contribution in [0.25, 0.3) is 0 Å². The van der Waals surface area contributed by atoms with Gasteiger partial charge in [0.05, 0.1) is 6.10 Å². The molecule has 0 bridgehead atoms. The minimum atomic E-state index is 0.283. The van der Waals surface area contributed by atoms with E-state index < -0.39 is 0 Å². The van der Waals surface area contributed by atoms with Gasteiger partial charge >= 0.3 is 0 Å². The van der Waals surface area contributed by atoms with E-state index in [-0.39, 0.29) is 6.10 Å². The Labute approximate surface area is 95.6 Å². The molecule has 0 fully saturated rings. The summed E-state index contributed by atoms with van der Waals surface area (Å²) in [4.78, 5) is 0. The largest absolute Gasteiger partial charge is 0.377 e. The van der Waals surface area contributed by atoms with Crippen molar-refractivity contribution >= 4 is 0 Å². The second-order valence-corrected chi connectivity index (χ2v) is 4.40. The van der Waals surface area contributed by atoms with Gasteiger partial charge in [-0.25, -0.2) is 0 Å². The molecule has 2 atom stereocenters. The van der Waals surface area contributed by atoms with Gasteiger partial charge in [-0.1, -0.05) is 46.5 Å². The van der Waals surface area contributed by atoms with Crippen LogP contribution >= 0.6 is 0 Å². The third-order valence-corrected chi connectivity index (χ3v) is 2.98. The minimum Gasteiger partial charge on any atom is -0.377 e. The van der Waals surface area contributed by atoms with E-state index >= 15 is 0 Å². The maximum Gasteiger partial charge on any atom is 0.0697 e. The highest BCUT2D eigenvalue weighted by atomic mass is 16.5. The van der Waals surface area contributed by atoms with Crippen LogP contribution in [0.1, 0.15) is 59.3 Å². The van der Waals surface area contributed by atoms with Crippen LogP contribution in [0.15, 0.2) is 0 Å². The molecule has 2 nitrogen and oxygen atoms in total. The molecule has 0 aromatic carbocycles. The number of hydrogen-bond donors (Lipinski definition) is 1. The van der Waals surface area contributed by atoms with Crippen LogP contribution in [-0.2, 0) is 4.74 Å². The fraction of sp³-hybridized carbons (Fsp3) is 1.00. The van der Waals surface area contributed by atoms with Crippen molar-refractivity contribution in [3.05, 3.63) is 0 Å². The average molecular weight is 215 g/mol. The fourth-order valence-electron chi connectivity index (χ4n) is 1.76. The molecule has 15 heavy (non-hydrogen) atoms. The quantitative estimate of drug-likeness (QED) is 0.606. The van der Waals surface area contributed by atoms with E-state index in [9.17, 15) is 0 Å². The predicted molar refractivity (Wildman–Crippen MR) is 67.0 cm³/mol. The van der Waals surface area contributed by atoms with Crippen LogP contribution in [0.3, 0.4) is 0 Å². The summed E-state index contributed by atoms with van der Waals surface area (Å²) in [7, 11) is 0. The summed E-state index contributed by atoms with van der Waals surface area (Å²) < 4.78 is 5.86. The van der Waals surface area contributed by atoms with Crippen LogP contribution in [0.5, 0.6) is 0 Å². The summed E-state index contributed by atoms with van der Waals surface area (Å²) in [5, 5.41) is 0. The van der Waals surface area contributed by atoms with Gasteiger partial charge in [0, 0.05) is 13.2 Å². The zero-order valence-corrected chi connectivity index (χ0v) is 10.8. The maximum absolute atomic E-state index is 5.86. The molecule has 0 saturated heterocycles. The molecule has 2 N–H and O–H groups in total. The van der Waals surface area contributed by atoms with Crippen molar-refractivity contribution in [2.45, 2.75) is 65.4 Å². The van der Waals surface area contributed by atoms with Crippen molar-refractivity contribution in [3.63, 3.8) is 0 Å². The third kappa shape index (κ3) is 7.80. The molecular weight excluding hydrogens is 186 g/mol. The van der Waals surface area contributed by atoms with Gasteiger partial charge in [0.2, 0.25) is 0 Å². The molecule has 0 aromatic heterocycles. The molecule has 0 aliphatic heterocycles. The van der Waals surface area contributed by atoms with Crippen LogP contribution in [0.4, 0.5) is 0 Å². The maximum atomic E-state index is 5.86. The SMILES string of the molecule is CCCCC(CC)COC(CN)CCC. The van der Waals surface area contributed by atoms with Crippen LogP contribution in [0.2, 0.25) is 0 Å². The van der Waals surface area contributed by atoms with E-state index in [4.69, 9.17) is 10.5 Å². The Morgan fingerprint density at radius 3 is 2.27 bits per heavy atom. The normalized spacial score (nSPS) is 15.2. The van der Waals surface area contributed by atoms with Gasteiger partial charge in [0.1, 0.15) is 0 Å². The van der Waals surface area contributed by atoms with E-state index in [2.05, 4.69) is 20.8 Å². The Bertz CT molecular complexity index is 128. The fourth-order valence-corrected chi connectivity index (χ4v) is 1.76. The van der Waals surface area contributed by atoms with Gasteiger partial charge < -0.3 is 10.5 Å². The molecule has 0 aromatic rings. The van der Waals surface area contributed by atoms with Gasteiger partial charge in [0.15, 0.2) is 0 Å². The van der Waals surface area contributed by atoms with E-state index in [1.165, 1.54) is 25.7 Å². The van der Waals surface area contributed by atoms with Crippen molar-refractivity contribution in [1.29, 1.82) is 0 Å². The zero-order chi connectivity index (χ0) is 11.5. The Morgan fingerprint density at radius 1 is 1.07 bits per heavy atom. The Kier molecular flexibility index (Phi) is 10.4. The number of unbranched alkanes of at least 4 members (excludes halogenated alkanes) is 1. The van der Waals surface area contributed by atoms with Crippen LogP contribution in [-0.4, -0.2) is 19.3 Å². The molecule has 2 heteroatoms. The van der Waals surface area contributed by atoms with Crippen LogP contribution in [0, 0.1) is 5.92 Å². The number of nitrogens with two attached hydrogens (primary N) is 1. The van der Waals surface area contributed by atoms with Crippen molar-refractivity contribution in [1.82, 2.24) is 0 Å². The molecular formula is C13H29NO. The second-order valence-electron chi connectivity index (χ2n) is 4.40. The third-order valence-electron chi connectivity index (χ3n) is 2.98. The molecule has 0 aliphatic carbocycles. The summed E-state index contributed by atoms with van der Waals surface area (Å²) in [5.41, 5.74) is 5.66. The Balaban J connectivity index is 3.66. The standard InChI is InChI=1S/C13H29NO/c1-4-7-9-12(6-3)11-15-13(10-14)8-5-2/h12-13H,4-11,14H2,1-3H3. The molecule has 0 amide bonds. The summed E-state index contributed by atoms with van der Waals surface area (Å²) >= 11 is 0. The van der Waals surface area contributed by atoms with Gasteiger partial charge in [-0.15, -0.1) is 0 Å². The molecule has 0 radical (unpaired) electrons. The highest BCUT2D eigenvalue weighted by Gasteiger charge is 2.10. The highest BCUT2D eigenvalue weighted by Crippen LogP contribution is 2.14. The van der Waals surface area contributed by atoms with Crippen LogP contribution < -0.4 is 5.73 Å². The minimum absolute atomic E-state index is 0.283. The molecule has 2 unspecified atom stereocenters. The molecule has 0 rings (SSSR count). The lowest BCUT2D eigenvalue weighted by Gasteiger charge is -2.20. The molecule has 0 aliphatic rings. The van der Waals surface area contributed by atoms with E-state index in [0.717, 1.165) is 25.4 Å². The molecule has 92 valence electrons. The first-order chi connectivity index (χ1) is 7.28.